The van der Waals surface area contributed by atoms with Crippen molar-refractivity contribution in [3.63, 3.8) is 0 Å². The van der Waals surface area contributed by atoms with Crippen molar-refractivity contribution in [2.45, 2.75) is 11.5 Å². The van der Waals surface area contributed by atoms with Gasteiger partial charge in [0.15, 0.2) is 11.5 Å². The Kier molecular flexibility index (Phi) is 5.29. The second kappa shape index (κ2) is 7.88. The third-order valence-electron chi connectivity index (χ3n) is 4.60. The molecular weight excluding hydrogens is 414 g/mol. The number of amides is 1. The number of ether oxygens (including phenoxy) is 2. The summed E-state index contributed by atoms with van der Waals surface area (Å²) in [5.74, 6) is 1.85. The summed E-state index contributed by atoms with van der Waals surface area (Å²) in [5, 5.41) is 8.04. The van der Waals surface area contributed by atoms with E-state index in [9.17, 15) is 9.00 Å². The van der Waals surface area contributed by atoms with Gasteiger partial charge >= 0.3 is 0 Å². The summed E-state index contributed by atoms with van der Waals surface area (Å²) in [7, 11) is 2.02. The molecule has 0 bridgehead atoms. The van der Waals surface area contributed by atoms with E-state index in [0.29, 0.717) is 50.8 Å². The lowest BCUT2D eigenvalue weighted by Gasteiger charge is -2.13. The van der Waals surface area contributed by atoms with E-state index in [0.717, 1.165) is 5.56 Å². The highest BCUT2D eigenvalue weighted by Gasteiger charge is 2.28. The first-order chi connectivity index (χ1) is 14.0. The molecule has 1 amide bonds. The third kappa shape index (κ3) is 3.73. The normalized spacial score (nSPS) is 15.1. The molecule has 0 radical (unpaired) electrons. The van der Waals surface area contributed by atoms with Crippen LogP contribution in [0.2, 0.25) is 5.02 Å². The molecule has 150 valence electrons. The van der Waals surface area contributed by atoms with Crippen molar-refractivity contribution in [3.8, 4) is 17.2 Å². The molecule has 1 aromatic heterocycles. The molecule has 2 heterocycles. The van der Waals surface area contributed by atoms with Gasteiger partial charge in [0, 0.05) is 26.9 Å². The van der Waals surface area contributed by atoms with Crippen molar-refractivity contribution in [2.75, 3.05) is 19.5 Å². The van der Waals surface area contributed by atoms with Gasteiger partial charge in [-0.1, -0.05) is 17.7 Å². The van der Waals surface area contributed by atoms with Gasteiger partial charge in [0.25, 0.3) is 5.91 Å². The number of hydrogen-bond donors (Lipinski definition) is 1. The Morgan fingerprint density at radius 3 is 2.66 bits per heavy atom. The first-order valence-electron chi connectivity index (χ1n) is 8.75. The fourth-order valence-electron chi connectivity index (χ4n) is 3.21. The molecule has 3 aromatic rings. The van der Waals surface area contributed by atoms with Crippen molar-refractivity contribution >= 4 is 34.1 Å². The molecule has 0 unspecified atom stereocenters. The maximum Gasteiger partial charge on any atom is 0.256 e. The van der Waals surface area contributed by atoms with Gasteiger partial charge in [0.05, 0.1) is 37.1 Å². The molecule has 9 heteroatoms. The smallest absolute Gasteiger partial charge is 0.256 e. The Balaban J connectivity index is 1.73. The van der Waals surface area contributed by atoms with Gasteiger partial charge in [-0.3, -0.25) is 9.00 Å². The summed E-state index contributed by atoms with van der Waals surface area (Å²) in [6, 6.07) is 12.1. The molecule has 1 N–H and O–H groups in total. The SMILES string of the molecule is COc1ccc(C(=O)Nc2c3c(nn2-c2cccc(Cl)c2)C[S@](=O)C3)cc1OC. The Morgan fingerprint density at radius 1 is 1.14 bits per heavy atom. The zero-order valence-corrected chi connectivity index (χ0v) is 17.3. The highest BCUT2D eigenvalue weighted by Crippen LogP contribution is 2.33. The van der Waals surface area contributed by atoms with Crippen molar-refractivity contribution in [2.24, 2.45) is 0 Å². The lowest BCUT2D eigenvalue weighted by atomic mass is 10.2. The van der Waals surface area contributed by atoms with Gasteiger partial charge in [0.2, 0.25) is 0 Å². The second-order valence-corrected chi connectivity index (χ2v) is 8.31. The Hall–Kier alpha value is -2.84. The molecule has 29 heavy (non-hydrogen) atoms. The molecule has 0 spiro atoms. The maximum atomic E-state index is 13.0. The van der Waals surface area contributed by atoms with Crippen LogP contribution in [0, 0.1) is 0 Å². The molecule has 0 fully saturated rings. The van der Waals surface area contributed by atoms with Crippen LogP contribution < -0.4 is 14.8 Å². The predicted octanol–water partition coefficient (Wildman–Crippen LogP) is 3.56. The summed E-state index contributed by atoms with van der Waals surface area (Å²) >= 11 is 6.13. The minimum atomic E-state index is -1.03. The summed E-state index contributed by atoms with van der Waals surface area (Å²) in [6.07, 6.45) is 0. The fraction of sp³-hybridized carbons (Fsp3) is 0.200. The largest absolute Gasteiger partial charge is 0.493 e. The van der Waals surface area contributed by atoms with Crippen molar-refractivity contribution in [3.05, 3.63) is 64.3 Å². The molecule has 1 aliphatic rings. The highest BCUT2D eigenvalue weighted by molar-refractivity contribution is 7.83. The van der Waals surface area contributed by atoms with Crippen molar-refractivity contribution in [1.29, 1.82) is 0 Å². The number of halogens is 1. The molecule has 0 saturated carbocycles. The van der Waals surface area contributed by atoms with Crippen LogP contribution in [0.5, 0.6) is 11.5 Å². The summed E-state index contributed by atoms with van der Waals surface area (Å²) in [6.45, 7) is 0. The van der Waals surface area contributed by atoms with E-state index in [2.05, 4.69) is 10.4 Å². The number of anilines is 1. The Bertz CT molecular complexity index is 1130. The number of carbonyl (C=O) groups is 1. The van der Waals surface area contributed by atoms with E-state index in [4.69, 9.17) is 21.1 Å². The van der Waals surface area contributed by atoms with Crippen LogP contribution in [0.1, 0.15) is 21.6 Å². The minimum absolute atomic E-state index is 0.338. The van der Waals surface area contributed by atoms with Gasteiger partial charge in [0.1, 0.15) is 5.82 Å². The number of rotatable bonds is 5. The first-order valence-corrected chi connectivity index (χ1v) is 10.6. The van der Waals surface area contributed by atoms with Crippen LogP contribution in [0.15, 0.2) is 42.5 Å². The van der Waals surface area contributed by atoms with Crippen LogP contribution in [0.3, 0.4) is 0 Å². The zero-order chi connectivity index (χ0) is 20.5. The zero-order valence-electron chi connectivity index (χ0n) is 15.8. The first kappa shape index (κ1) is 19.5. The lowest BCUT2D eigenvalue weighted by Crippen LogP contribution is -2.16. The molecule has 0 aliphatic carbocycles. The predicted molar refractivity (Wildman–Crippen MR) is 112 cm³/mol. The molecule has 1 atom stereocenters. The van der Waals surface area contributed by atoms with E-state index in [-0.39, 0.29) is 5.91 Å². The van der Waals surface area contributed by atoms with Crippen LogP contribution in [-0.2, 0) is 22.3 Å². The second-order valence-electron chi connectivity index (χ2n) is 6.42. The quantitative estimate of drug-likeness (QED) is 0.668. The number of hydrogen-bond acceptors (Lipinski definition) is 5. The number of methoxy groups -OCH3 is 2. The number of nitrogens with one attached hydrogen (secondary N) is 1. The van der Waals surface area contributed by atoms with E-state index in [1.54, 1.807) is 35.0 Å². The topological polar surface area (TPSA) is 82.5 Å². The Labute approximate surface area is 175 Å². The number of fused-ring (bicyclic) bond motifs is 1. The fourth-order valence-corrected chi connectivity index (χ4v) is 4.66. The van der Waals surface area contributed by atoms with Gasteiger partial charge in [-0.2, -0.15) is 5.10 Å². The van der Waals surface area contributed by atoms with Gasteiger partial charge < -0.3 is 14.8 Å². The van der Waals surface area contributed by atoms with E-state index >= 15 is 0 Å². The third-order valence-corrected chi connectivity index (χ3v) is 6.04. The van der Waals surface area contributed by atoms with Crippen LogP contribution in [-0.4, -0.2) is 34.1 Å². The summed E-state index contributed by atoms with van der Waals surface area (Å²) in [5.41, 5.74) is 2.60. The molecule has 0 saturated heterocycles. The van der Waals surface area contributed by atoms with Crippen LogP contribution >= 0.6 is 11.6 Å². The molecule has 2 aromatic carbocycles. The average Bonchev–Trinajstić information content (AvgIpc) is 3.24. The average molecular weight is 432 g/mol. The van der Waals surface area contributed by atoms with Gasteiger partial charge in [-0.25, -0.2) is 4.68 Å². The maximum absolute atomic E-state index is 13.0. The number of nitrogens with zero attached hydrogens (tertiary/aromatic N) is 2. The Morgan fingerprint density at radius 2 is 1.93 bits per heavy atom. The van der Waals surface area contributed by atoms with Gasteiger partial charge in [-0.15, -0.1) is 0 Å². The van der Waals surface area contributed by atoms with Gasteiger partial charge in [-0.05, 0) is 36.4 Å². The van der Waals surface area contributed by atoms with Crippen molar-refractivity contribution in [1.82, 2.24) is 9.78 Å². The molecule has 4 rings (SSSR count). The minimum Gasteiger partial charge on any atom is -0.493 e. The number of benzene rings is 2. The monoisotopic (exact) mass is 431 g/mol. The lowest BCUT2D eigenvalue weighted by molar-refractivity contribution is 0.102. The highest BCUT2D eigenvalue weighted by atomic mass is 35.5. The number of carbonyl (C=O) groups excluding carboxylic acids is 1. The number of aromatic nitrogens is 2. The summed E-state index contributed by atoms with van der Waals surface area (Å²) < 4.78 is 24.2. The molecule has 7 nitrogen and oxygen atoms in total. The van der Waals surface area contributed by atoms with E-state index < -0.39 is 10.8 Å². The summed E-state index contributed by atoms with van der Waals surface area (Å²) in [4.78, 5) is 13.0. The molecule has 1 aliphatic heterocycles. The van der Waals surface area contributed by atoms with Crippen molar-refractivity contribution < 1.29 is 18.5 Å². The molecular formula is C20H18ClN3O4S. The van der Waals surface area contributed by atoms with E-state index in [1.807, 2.05) is 12.1 Å². The van der Waals surface area contributed by atoms with Crippen LogP contribution in [0.25, 0.3) is 5.69 Å². The van der Waals surface area contributed by atoms with E-state index in [1.165, 1.54) is 14.2 Å². The standard InChI is InChI=1S/C20H18ClN3O4S/c1-27-17-7-6-12(8-18(17)28-2)20(25)22-19-15-10-29(26)11-16(15)23-24(19)14-5-3-4-13(21)9-14/h3-9H,10-11H2,1-2H3,(H,22,25)/t29-/m1/s1. The van der Waals surface area contributed by atoms with Crippen LogP contribution in [0.4, 0.5) is 5.82 Å².